The number of H-pyrrole nitrogens is 1. The highest BCUT2D eigenvalue weighted by molar-refractivity contribution is 5.84. The van der Waals surface area contributed by atoms with Crippen molar-refractivity contribution in [2.45, 2.75) is 32.9 Å². The quantitative estimate of drug-likeness (QED) is 0.326. The van der Waals surface area contributed by atoms with E-state index in [1.165, 1.54) is 16.8 Å². The van der Waals surface area contributed by atoms with Crippen molar-refractivity contribution in [1.29, 1.82) is 0 Å². The van der Waals surface area contributed by atoms with E-state index in [1.807, 2.05) is 18.2 Å². The number of aryl methyl sites for hydroxylation is 2. The number of anilines is 1. The Morgan fingerprint density at radius 3 is 2.70 bits per heavy atom. The molecule has 0 fully saturated rings. The minimum Gasteiger partial charge on any atom is -0.493 e. The Balaban J connectivity index is 1.32. The van der Waals surface area contributed by atoms with Gasteiger partial charge >= 0.3 is 0 Å². The van der Waals surface area contributed by atoms with Crippen LogP contribution in [0.25, 0.3) is 10.9 Å². The molecule has 2 aromatic carbocycles. The van der Waals surface area contributed by atoms with Gasteiger partial charge in [0.25, 0.3) is 0 Å². The van der Waals surface area contributed by atoms with E-state index in [9.17, 15) is 5.11 Å². The smallest absolute Gasteiger partial charge is 0.130 e. The third kappa shape index (κ3) is 5.21. The number of nitrogens with one attached hydrogen (secondary N) is 3. The molecule has 1 aromatic heterocycles. The number of aromatic amines is 1. The Kier molecular flexibility index (Phi) is 6.68. The molecule has 3 aromatic rings. The highest BCUT2D eigenvalue weighted by atomic mass is 16.5. The van der Waals surface area contributed by atoms with Gasteiger partial charge in [0.2, 0.25) is 0 Å². The molecule has 0 aliphatic heterocycles. The summed E-state index contributed by atoms with van der Waals surface area (Å²) in [5, 5.41) is 24.6. The van der Waals surface area contributed by atoms with Crippen LogP contribution in [0.4, 0.5) is 5.69 Å². The maximum atomic E-state index is 10.1. The van der Waals surface area contributed by atoms with E-state index >= 15 is 0 Å². The summed E-state index contributed by atoms with van der Waals surface area (Å²) < 4.78 is 5.79. The lowest BCUT2D eigenvalue weighted by atomic mass is 10.1. The molecule has 1 heterocycles. The molecule has 0 spiro atoms. The zero-order valence-electron chi connectivity index (χ0n) is 16.0. The summed E-state index contributed by atoms with van der Waals surface area (Å²) in [6.45, 7) is 6.28. The number of benzene rings is 2. The molecule has 1 atom stereocenters. The molecular weight excluding hydrogens is 340 g/mol. The molecule has 0 aliphatic rings. The minimum absolute atomic E-state index is 0.444. The standard InChI is InChI=1S/C21H28N4O2/c1-15-6-3-7-16(2)21(15)23-12-5-11-22-20(26)10-13-27-19-9-4-8-18-17(19)14-24-25-18/h3-4,6-9,14,20,22-23,26H,5,10-13H2,1-2H3,(H,24,25). The van der Waals surface area contributed by atoms with Gasteiger partial charge in [0.05, 0.1) is 23.7 Å². The number of hydrogen-bond acceptors (Lipinski definition) is 5. The molecule has 144 valence electrons. The second-order valence-electron chi connectivity index (χ2n) is 6.74. The predicted octanol–water partition coefficient (Wildman–Crippen LogP) is 3.36. The Morgan fingerprint density at radius 2 is 1.89 bits per heavy atom. The number of nitrogens with zero attached hydrogens (tertiary/aromatic N) is 1. The molecule has 6 heteroatoms. The van der Waals surface area contributed by atoms with Crippen LogP contribution in [0.15, 0.2) is 42.6 Å². The fourth-order valence-electron chi connectivity index (χ4n) is 3.11. The van der Waals surface area contributed by atoms with Crippen LogP contribution in [0.2, 0.25) is 0 Å². The molecule has 0 radical (unpaired) electrons. The first-order valence-electron chi connectivity index (χ1n) is 9.41. The van der Waals surface area contributed by atoms with Gasteiger partial charge in [-0.05, 0) is 50.1 Å². The van der Waals surface area contributed by atoms with Crippen LogP contribution >= 0.6 is 0 Å². The van der Waals surface area contributed by atoms with Crippen LogP contribution in [-0.2, 0) is 0 Å². The number of fused-ring (bicyclic) bond motifs is 1. The van der Waals surface area contributed by atoms with Crippen LogP contribution in [0.5, 0.6) is 5.75 Å². The Labute approximate surface area is 159 Å². The Hall–Kier alpha value is -2.57. The van der Waals surface area contributed by atoms with Crippen LogP contribution in [-0.4, -0.2) is 41.2 Å². The summed E-state index contributed by atoms with van der Waals surface area (Å²) in [6, 6.07) is 12.1. The van der Waals surface area contributed by atoms with Crippen LogP contribution in [0, 0.1) is 13.8 Å². The first-order chi connectivity index (χ1) is 13.1. The van der Waals surface area contributed by atoms with Crippen molar-refractivity contribution in [2.75, 3.05) is 25.0 Å². The van der Waals surface area contributed by atoms with E-state index in [1.54, 1.807) is 6.20 Å². The van der Waals surface area contributed by atoms with Gasteiger partial charge in [-0.15, -0.1) is 0 Å². The van der Waals surface area contributed by atoms with E-state index in [4.69, 9.17) is 4.74 Å². The predicted molar refractivity (Wildman–Crippen MR) is 109 cm³/mol. The zero-order chi connectivity index (χ0) is 19.1. The van der Waals surface area contributed by atoms with Crippen molar-refractivity contribution in [2.24, 2.45) is 0 Å². The summed E-state index contributed by atoms with van der Waals surface area (Å²) in [6.07, 6.45) is 2.63. The molecule has 0 amide bonds. The molecule has 3 rings (SSSR count). The lowest BCUT2D eigenvalue weighted by Crippen LogP contribution is -2.32. The van der Waals surface area contributed by atoms with Crippen molar-refractivity contribution in [3.8, 4) is 5.75 Å². The summed E-state index contributed by atoms with van der Waals surface area (Å²) >= 11 is 0. The van der Waals surface area contributed by atoms with Gasteiger partial charge in [-0.1, -0.05) is 24.3 Å². The number of aliphatic hydroxyl groups excluding tert-OH is 1. The molecule has 4 N–H and O–H groups in total. The highest BCUT2D eigenvalue weighted by Gasteiger charge is 2.07. The molecule has 0 aliphatic carbocycles. The fraction of sp³-hybridized carbons (Fsp3) is 0.381. The first-order valence-corrected chi connectivity index (χ1v) is 9.41. The fourth-order valence-corrected chi connectivity index (χ4v) is 3.11. The highest BCUT2D eigenvalue weighted by Crippen LogP contribution is 2.23. The number of para-hydroxylation sites is 1. The van der Waals surface area contributed by atoms with Crippen LogP contribution in [0.1, 0.15) is 24.0 Å². The number of hydrogen-bond donors (Lipinski definition) is 4. The summed E-state index contributed by atoms with van der Waals surface area (Å²) in [5.41, 5.74) is 4.67. The first kappa shape index (κ1) is 19.2. The van der Waals surface area contributed by atoms with Gasteiger partial charge in [-0.2, -0.15) is 5.10 Å². The molecule has 6 nitrogen and oxygen atoms in total. The largest absolute Gasteiger partial charge is 0.493 e. The summed E-state index contributed by atoms with van der Waals surface area (Å²) in [4.78, 5) is 0. The van der Waals surface area contributed by atoms with Gasteiger partial charge in [-0.25, -0.2) is 0 Å². The molecule has 1 unspecified atom stereocenters. The van der Waals surface area contributed by atoms with E-state index < -0.39 is 6.23 Å². The lowest BCUT2D eigenvalue weighted by Gasteiger charge is -2.15. The molecule has 0 saturated heterocycles. The lowest BCUT2D eigenvalue weighted by molar-refractivity contribution is 0.108. The summed E-state index contributed by atoms with van der Waals surface area (Å²) in [5.74, 6) is 0.784. The average molecular weight is 368 g/mol. The molecule has 27 heavy (non-hydrogen) atoms. The van der Waals surface area contributed by atoms with E-state index in [-0.39, 0.29) is 0 Å². The monoisotopic (exact) mass is 368 g/mol. The SMILES string of the molecule is Cc1cccc(C)c1NCCCNC(O)CCOc1cccc2[nH]ncc12. The molecule has 0 bridgehead atoms. The van der Waals surface area contributed by atoms with Gasteiger partial charge in [0.15, 0.2) is 0 Å². The normalized spacial score (nSPS) is 12.3. The number of aliphatic hydroxyl groups is 1. The Morgan fingerprint density at radius 1 is 1.11 bits per heavy atom. The molecule has 0 saturated carbocycles. The third-order valence-electron chi connectivity index (χ3n) is 4.61. The van der Waals surface area contributed by atoms with Crippen LogP contribution < -0.4 is 15.4 Å². The van der Waals surface area contributed by atoms with Gasteiger partial charge in [0.1, 0.15) is 12.0 Å². The van der Waals surface area contributed by atoms with Gasteiger partial charge in [-0.3, -0.25) is 10.4 Å². The van der Waals surface area contributed by atoms with Crippen molar-refractivity contribution in [3.05, 3.63) is 53.7 Å². The second-order valence-corrected chi connectivity index (χ2v) is 6.74. The van der Waals surface area contributed by atoms with Crippen molar-refractivity contribution in [3.63, 3.8) is 0 Å². The topological polar surface area (TPSA) is 82.2 Å². The third-order valence-corrected chi connectivity index (χ3v) is 4.61. The van der Waals surface area contributed by atoms with E-state index in [0.29, 0.717) is 13.0 Å². The van der Waals surface area contributed by atoms with E-state index in [0.717, 1.165) is 36.2 Å². The van der Waals surface area contributed by atoms with Crippen LogP contribution in [0.3, 0.4) is 0 Å². The van der Waals surface area contributed by atoms with Crippen molar-refractivity contribution >= 4 is 16.6 Å². The number of ether oxygens (including phenoxy) is 1. The average Bonchev–Trinajstić information content (AvgIpc) is 3.13. The number of rotatable bonds is 10. The number of aromatic nitrogens is 2. The Bertz CT molecular complexity index is 842. The second kappa shape index (κ2) is 9.39. The minimum atomic E-state index is -0.575. The maximum absolute atomic E-state index is 10.1. The van der Waals surface area contributed by atoms with Gasteiger partial charge in [0, 0.05) is 18.7 Å². The van der Waals surface area contributed by atoms with Gasteiger partial charge < -0.3 is 15.2 Å². The zero-order valence-corrected chi connectivity index (χ0v) is 16.0. The van der Waals surface area contributed by atoms with Crippen molar-refractivity contribution in [1.82, 2.24) is 15.5 Å². The van der Waals surface area contributed by atoms with E-state index in [2.05, 4.69) is 52.9 Å². The maximum Gasteiger partial charge on any atom is 0.130 e. The molecular formula is C21H28N4O2. The van der Waals surface area contributed by atoms with Crippen molar-refractivity contribution < 1.29 is 9.84 Å². The summed E-state index contributed by atoms with van der Waals surface area (Å²) in [7, 11) is 0.